The van der Waals surface area contributed by atoms with Gasteiger partial charge in [-0.15, -0.1) is 11.3 Å². The standard InChI is InChI=1S/C30H22ClN3O3S/c1-18-26-29-24(16-32-30(26)34(33-18)23-5-3-2-4-6-23)27(28(38-29)21-11-13-22(31)14-12-21)37-17-20-9-7-19(8-10-20)15-25(35)36/h2-14,16H,15,17H2,1H3,(H,35,36). The average Bonchev–Trinajstić information content (AvgIpc) is 3.46. The second-order valence-corrected chi connectivity index (χ2v) is 10.4. The van der Waals surface area contributed by atoms with Crippen LogP contribution in [0.15, 0.2) is 85.1 Å². The molecular formula is C30H22ClN3O3S. The van der Waals surface area contributed by atoms with Gasteiger partial charge in [0.25, 0.3) is 0 Å². The summed E-state index contributed by atoms with van der Waals surface area (Å²) < 4.78 is 9.40. The van der Waals surface area contributed by atoms with E-state index in [1.165, 1.54) is 0 Å². The minimum Gasteiger partial charge on any atom is -0.487 e. The van der Waals surface area contributed by atoms with E-state index in [-0.39, 0.29) is 6.42 Å². The molecule has 0 unspecified atom stereocenters. The van der Waals surface area contributed by atoms with Crippen LogP contribution in [0, 0.1) is 6.92 Å². The zero-order valence-corrected chi connectivity index (χ0v) is 22.0. The minimum atomic E-state index is -0.851. The molecular weight excluding hydrogens is 518 g/mol. The minimum absolute atomic E-state index is 0.00525. The molecule has 6 nitrogen and oxygen atoms in total. The highest BCUT2D eigenvalue weighted by Gasteiger charge is 2.22. The van der Waals surface area contributed by atoms with Gasteiger partial charge in [0.15, 0.2) is 5.65 Å². The van der Waals surface area contributed by atoms with E-state index in [9.17, 15) is 4.79 Å². The van der Waals surface area contributed by atoms with Crippen molar-refractivity contribution in [1.82, 2.24) is 14.8 Å². The number of nitrogens with zero attached hydrogens (tertiary/aromatic N) is 3. The third-order valence-electron chi connectivity index (χ3n) is 6.35. The predicted molar refractivity (Wildman–Crippen MR) is 152 cm³/mol. The van der Waals surface area contributed by atoms with Gasteiger partial charge in [-0.25, -0.2) is 9.67 Å². The van der Waals surface area contributed by atoms with E-state index in [2.05, 4.69) is 0 Å². The van der Waals surface area contributed by atoms with Gasteiger partial charge in [-0.1, -0.05) is 66.2 Å². The Balaban J connectivity index is 1.46. The lowest BCUT2D eigenvalue weighted by molar-refractivity contribution is -0.136. The number of aliphatic carboxylic acids is 1. The number of carboxylic acid groups (broad SMARTS) is 1. The number of ether oxygens (including phenoxy) is 1. The number of carboxylic acids is 1. The molecule has 0 saturated carbocycles. The Labute approximate surface area is 227 Å². The fourth-order valence-corrected chi connectivity index (χ4v) is 5.97. The highest BCUT2D eigenvalue weighted by molar-refractivity contribution is 7.23. The predicted octanol–water partition coefficient (Wildman–Crippen LogP) is 7.47. The Morgan fingerprint density at radius 1 is 1.00 bits per heavy atom. The van der Waals surface area contributed by atoms with E-state index < -0.39 is 5.97 Å². The van der Waals surface area contributed by atoms with Crippen LogP contribution in [0.25, 0.3) is 37.2 Å². The largest absolute Gasteiger partial charge is 0.487 e. The maximum absolute atomic E-state index is 11.0. The summed E-state index contributed by atoms with van der Waals surface area (Å²) in [7, 11) is 0. The second kappa shape index (κ2) is 9.93. The molecule has 0 radical (unpaired) electrons. The first-order valence-corrected chi connectivity index (χ1v) is 13.2. The van der Waals surface area contributed by atoms with E-state index in [4.69, 9.17) is 31.5 Å². The zero-order chi connectivity index (χ0) is 26.2. The lowest BCUT2D eigenvalue weighted by Gasteiger charge is -2.09. The number of fused-ring (bicyclic) bond motifs is 3. The van der Waals surface area contributed by atoms with Crippen LogP contribution in [0.3, 0.4) is 0 Å². The van der Waals surface area contributed by atoms with Crippen molar-refractivity contribution in [2.24, 2.45) is 0 Å². The summed E-state index contributed by atoms with van der Waals surface area (Å²) in [6.07, 6.45) is 1.86. The topological polar surface area (TPSA) is 77.2 Å². The monoisotopic (exact) mass is 539 g/mol. The number of hydrogen-bond donors (Lipinski definition) is 1. The van der Waals surface area contributed by atoms with Crippen molar-refractivity contribution < 1.29 is 14.6 Å². The summed E-state index contributed by atoms with van der Waals surface area (Å²) in [5, 5.41) is 16.4. The number of rotatable bonds is 7. The van der Waals surface area contributed by atoms with Crippen molar-refractivity contribution in [1.29, 1.82) is 0 Å². The highest BCUT2D eigenvalue weighted by atomic mass is 35.5. The molecule has 3 aromatic heterocycles. The van der Waals surface area contributed by atoms with E-state index >= 15 is 0 Å². The summed E-state index contributed by atoms with van der Waals surface area (Å²) in [5.74, 6) is -0.0979. The van der Waals surface area contributed by atoms with Crippen molar-refractivity contribution in [3.63, 3.8) is 0 Å². The number of aromatic nitrogens is 3. The lowest BCUT2D eigenvalue weighted by atomic mass is 10.1. The molecule has 3 aromatic carbocycles. The summed E-state index contributed by atoms with van der Waals surface area (Å²) in [5.41, 5.74) is 5.35. The molecule has 1 N–H and O–H groups in total. The Morgan fingerprint density at radius 2 is 1.71 bits per heavy atom. The fraction of sp³-hybridized carbons (Fsp3) is 0.100. The van der Waals surface area contributed by atoms with Gasteiger partial charge in [-0.2, -0.15) is 5.10 Å². The number of aryl methyl sites for hydroxylation is 1. The van der Waals surface area contributed by atoms with Gasteiger partial charge < -0.3 is 9.84 Å². The van der Waals surface area contributed by atoms with Crippen molar-refractivity contribution >= 4 is 50.0 Å². The van der Waals surface area contributed by atoms with Gasteiger partial charge >= 0.3 is 5.97 Å². The van der Waals surface area contributed by atoms with Crippen molar-refractivity contribution in [3.05, 3.63) is 107 Å². The molecule has 3 heterocycles. The van der Waals surface area contributed by atoms with Gasteiger partial charge in [0.2, 0.25) is 0 Å². The Hall–Kier alpha value is -4.20. The molecule has 188 valence electrons. The quantitative estimate of drug-likeness (QED) is 0.228. The van der Waals surface area contributed by atoms with E-state index in [0.29, 0.717) is 11.6 Å². The molecule has 0 saturated heterocycles. The fourth-order valence-electron chi connectivity index (χ4n) is 4.52. The maximum atomic E-state index is 11.0. The number of halogens is 1. The summed E-state index contributed by atoms with van der Waals surface area (Å²) >= 11 is 7.83. The van der Waals surface area contributed by atoms with Crippen LogP contribution in [-0.2, 0) is 17.8 Å². The second-order valence-electron chi connectivity index (χ2n) is 8.98. The Morgan fingerprint density at radius 3 is 2.42 bits per heavy atom. The lowest BCUT2D eigenvalue weighted by Crippen LogP contribution is -2.01. The molecule has 0 aliphatic carbocycles. The van der Waals surface area contributed by atoms with Crippen LogP contribution in [0.4, 0.5) is 0 Å². The molecule has 0 aliphatic heterocycles. The van der Waals surface area contributed by atoms with E-state index in [1.807, 2.05) is 96.7 Å². The Kier molecular flexibility index (Phi) is 6.31. The number of carbonyl (C=O) groups is 1. The van der Waals surface area contributed by atoms with Crippen molar-refractivity contribution in [2.45, 2.75) is 20.0 Å². The number of hydrogen-bond acceptors (Lipinski definition) is 5. The highest BCUT2D eigenvalue weighted by Crippen LogP contribution is 2.47. The van der Waals surface area contributed by atoms with Gasteiger partial charge in [0.05, 0.1) is 38.2 Å². The average molecular weight is 540 g/mol. The molecule has 0 amide bonds. The van der Waals surface area contributed by atoms with Crippen LogP contribution in [0.5, 0.6) is 5.75 Å². The third-order valence-corrected chi connectivity index (χ3v) is 7.85. The number of pyridine rings is 1. The molecule has 6 rings (SSSR count). The van der Waals surface area contributed by atoms with Crippen LogP contribution in [0.1, 0.15) is 16.8 Å². The maximum Gasteiger partial charge on any atom is 0.307 e. The molecule has 0 fully saturated rings. The van der Waals surface area contributed by atoms with E-state index in [1.54, 1.807) is 11.3 Å². The molecule has 0 spiro atoms. The SMILES string of the molecule is Cc1nn(-c2ccccc2)c2ncc3c(OCc4ccc(CC(=O)O)cc4)c(-c4ccc(Cl)cc4)sc3c12. The molecule has 0 atom stereocenters. The van der Waals surface area contributed by atoms with Gasteiger partial charge in [0, 0.05) is 11.2 Å². The molecule has 0 bridgehead atoms. The number of para-hydroxylation sites is 1. The van der Waals surface area contributed by atoms with Crippen LogP contribution < -0.4 is 4.74 Å². The Bertz CT molecular complexity index is 1780. The first kappa shape index (κ1) is 24.2. The molecule has 38 heavy (non-hydrogen) atoms. The van der Waals surface area contributed by atoms with Gasteiger partial charge in [-0.3, -0.25) is 4.79 Å². The van der Waals surface area contributed by atoms with Crippen LogP contribution >= 0.6 is 22.9 Å². The first-order valence-electron chi connectivity index (χ1n) is 12.0. The van der Waals surface area contributed by atoms with Gasteiger partial charge in [-0.05, 0) is 47.9 Å². The smallest absolute Gasteiger partial charge is 0.307 e. The normalized spacial score (nSPS) is 11.3. The third kappa shape index (κ3) is 4.51. The number of benzene rings is 3. The molecule has 8 heteroatoms. The summed E-state index contributed by atoms with van der Waals surface area (Å²) in [4.78, 5) is 16.8. The zero-order valence-electron chi connectivity index (χ0n) is 20.4. The van der Waals surface area contributed by atoms with Crippen molar-refractivity contribution in [3.8, 4) is 21.9 Å². The molecule has 6 aromatic rings. The summed E-state index contributed by atoms with van der Waals surface area (Å²) in [6.45, 7) is 2.34. The summed E-state index contributed by atoms with van der Waals surface area (Å²) in [6, 6.07) is 25.2. The number of thiophene rings is 1. The van der Waals surface area contributed by atoms with Crippen molar-refractivity contribution in [2.75, 3.05) is 0 Å². The van der Waals surface area contributed by atoms with E-state index in [0.717, 1.165) is 59.8 Å². The van der Waals surface area contributed by atoms with Crippen LogP contribution in [-0.4, -0.2) is 25.8 Å². The molecule has 0 aliphatic rings. The van der Waals surface area contributed by atoms with Crippen LogP contribution in [0.2, 0.25) is 5.02 Å². The first-order chi connectivity index (χ1) is 18.5. The van der Waals surface area contributed by atoms with Gasteiger partial charge in [0.1, 0.15) is 12.4 Å².